The van der Waals surface area contributed by atoms with Crippen molar-refractivity contribution in [3.05, 3.63) is 65.5 Å². The number of esters is 1. The van der Waals surface area contributed by atoms with Crippen LogP contribution in [0.15, 0.2) is 53.7 Å². The first-order valence-electron chi connectivity index (χ1n) is 11.6. The van der Waals surface area contributed by atoms with E-state index in [1.54, 1.807) is 67.1 Å². The number of aromatic nitrogens is 3. The van der Waals surface area contributed by atoms with E-state index in [2.05, 4.69) is 20.8 Å². The molecule has 0 aliphatic carbocycles. The maximum absolute atomic E-state index is 12.7. The van der Waals surface area contributed by atoms with Crippen LogP contribution in [0.4, 0.5) is 5.69 Å². The zero-order chi connectivity index (χ0) is 26.8. The van der Waals surface area contributed by atoms with Gasteiger partial charge in [0.1, 0.15) is 11.8 Å². The summed E-state index contributed by atoms with van der Waals surface area (Å²) in [6, 6.07) is 12.2. The summed E-state index contributed by atoms with van der Waals surface area (Å²) in [7, 11) is 1.54. The van der Waals surface area contributed by atoms with E-state index in [1.165, 1.54) is 11.8 Å². The summed E-state index contributed by atoms with van der Waals surface area (Å²) in [6.45, 7) is 3.98. The van der Waals surface area contributed by atoms with Crippen LogP contribution in [0.3, 0.4) is 0 Å². The Morgan fingerprint density at radius 2 is 1.70 bits per heavy atom. The molecule has 0 saturated carbocycles. The summed E-state index contributed by atoms with van der Waals surface area (Å²) in [5.74, 6) is -0.0148. The molecule has 1 atom stereocenters. The van der Waals surface area contributed by atoms with Gasteiger partial charge >= 0.3 is 5.97 Å². The van der Waals surface area contributed by atoms with Crippen LogP contribution in [-0.4, -0.2) is 63.7 Å². The van der Waals surface area contributed by atoms with Crippen molar-refractivity contribution in [3.8, 4) is 5.75 Å². The number of ether oxygens (including phenoxy) is 2. The van der Waals surface area contributed by atoms with E-state index >= 15 is 0 Å². The van der Waals surface area contributed by atoms with E-state index in [-0.39, 0.29) is 30.8 Å². The molecule has 0 radical (unpaired) electrons. The Morgan fingerprint density at radius 1 is 1.03 bits per heavy atom. The van der Waals surface area contributed by atoms with Gasteiger partial charge in [-0.15, -0.1) is 10.2 Å². The predicted octanol–water partition coefficient (Wildman–Crippen LogP) is 2.68. The van der Waals surface area contributed by atoms with E-state index in [9.17, 15) is 19.5 Å². The maximum Gasteiger partial charge on any atom is 0.338 e. The van der Waals surface area contributed by atoms with Crippen LogP contribution in [0, 0.1) is 0 Å². The lowest BCUT2D eigenvalue weighted by Crippen LogP contribution is -2.32. The van der Waals surface area contributed by atoms with E-state index in [1.807, 2.05) is 6.92 Å². The molecule has 0 bridgehead atoms. The lowest BCUT2D eigenvalue weighted by Gasteiger charge is -2.17. The van der Waals surface area contributed by atoms with E-state index in [0.29, 0.717) is 40.1 Å². The highest BCUT2D eigenvalue weighted by Gasteiger charge is 2.23. The van der Waals surface area contributed by atoms with Gasteiger partial charge in [-0.1, -0.05) is 11.8 Å². The molecule has 2 amide bonds. The Balaban J connectivity index is 1.61. The topological polar surface area (TPSA) is 145 Å². The molecule has 1 aromatic heterocycles. The van der Waals surface area contributed by atoms with Gasteiger partial charge in [0.05, 0.1) is 31.6 Å². The minimum atomic E-state index is -0.789. The highest BCUT2D eigenvalue weighted by molar-refractivity contribution is 7.99. The third-order valence-electron chi connectivity index (χ3n) is 5.23. The number of thioether (sulfide) groups is 1. The number of rotatable bonds is 12. The zero-order valence-electron chi connectivity index (χ0n) is 20.8. The van der Waals surface area contributed by atoms with Crippen LogP contribution in [0.5, 0.6) is 5.75 Å². The molecular formula is C25H29N5O6S. The summed E-state index contributed by atoms with van der Waals surface area (Å²) < 4.78 is 11.8. The molecule has 12 heteroatoms. The molecule has 2 aromatic carbocycles. The Bertz CT molecular complexity index is 1210. The number of benzene rings is 2. The van der Waals surface area contributed by atoms with E-state index in [0.717, 1.165) is 0 Å². The lowest BCUT2D eigenvalue weighted by molar-refractivity contribution is -0.113. The second kappa shape index (κ2) is 13.4. The summed E-state index contributed by atoms with van der Waals surface area (Å²) >= 11 is 1.18. The van der Waals surface area contributed by atoms with Crippen molar-refractivity contribution in [2.24, 2.45) is 0 Å². The Morgan fingerprint density at radius 3 is 2.30 bits per heavy atom. The zero-order valence-corrected chi connectivity index (χ0v) is 21.6. The minimum Gasteiger partial charge on any atom is -0.497 e. The van der Waals surface area contributed by atoms with Gasteiger partial charge in [0, 0.05) is 17.8 Å². The molecule has 0 saturated heterocycles. The van der Waals surface area contributed by atoms with Crippen molar-refractivity contribution >= 4 is 35.2 Å². The molecule has 0 aliphatic rings. The van der Waals surface area contributed by atoms with Crippen molar-refractivity contribution in [2.75, 3.05) is 31.4 Å². The molecule has 1 heterocycles. The summed E-state index contributed by atoms with van der Waals surface area (Å²) in [5.41, 5.74) is 1.34. The summed E-state index contributed by atoms with van der Waals surface area (Å²) in [6.07, 6.45) is 0. The van der Waals surface area contributed by atoms with Crippen LogP contribution in [-0.2, 0) is 16.1 Å². The van der Waals surface area contributed by atoms with Gasteiger partial charge in [0.25, 0.3) is 5.91 Å². The number of nitrogens with one attached hydrogen (secondary N) is 2. The molecule has 0 spiro atoms. The van der Waals surface area contributed by atoms with Crippen molar-refractivity contribution < 1.29 is 29.0 Å². The Hall–Kier alpha value is -3.90. The quantitative estimate of drug-likeness (QED) is 0.239. The SMILES string of the molecule is CCOC(=O)c1ccc(NC(=O)CSc2nnc([C@@H](CO)NC(=O)c3ccc(OC)cc3)n2CC)cc1. The van der Waals surface area contributed by atoms with Crippen LogP contribution >= 0.6 is 11.8 Å². The molecule has 3 N–H and O–H groups in total. The number of hydrogen-bond donors (Lipinski definition) is 3. The number of nitrogens with zero attached hydrogens (tertiary/aromatic N) is 3. The second-order valence-corrected chi connectivity index (χ2v) is 8.60. The van der Waals surface area contributed by atoms with Crippen molar-refractivity contribution in [1.29, 1.82) is 0 Å². The Labute approximate surface area is 218 Å². The molecule has 37 heavy (non-hydrogen) atoms. The third-order valence-corrected chi connectivity index (χ3v) is 6.19. The average molecular weight is 528 g/mol. The molecule has 11 nitrogen and oxygen atoms in total. The molecular weight excluding hydrogens is 498 g/mol. The third kappa shape index (κ3) is 7.30. The lowest BCUT2D eigenvalue weighted by atomic mass is 10.2. The fourth-order valence-corrected chi connectivity index (χ4v) is 4.18. The average Bonchev–Trinajstić information content (AvgIpc) is 3.33. The molecule has 0 fully saturated rings. The van der Waals surface area contributed by atoms with Gasteiger partial charge in [-0.2, -0.15) is 0 Å². The van der Waals surface area contributed by atoms with E-state index < -0.39 is 12.0 Å². The predicted molar refractivity (Wildman–Crippen MR) is 138 cm³/mol. The maximum atomic E-state index is 12.7. The standard InChI is InChI=1S/C25H29N5O6S/c1-4-30-22(20(14-31)27-23(33)16-8-12-19(35-3)13-9-16)28-29-25(30)37-15-21(32)26-18-10-6-17(7-11-18)24(34)36-5-2/h6-13,20,31H,4-5,14-15H2,1-3H3,(H,26,32)(H,27,33)/t20-/m1/s1. The molecule has 0 unspecified atom stereocenters. The number of carbonyl (C=O) groups is 3. The van der Waals surface area contributed by atoms with Gasteiger partial charge in [-0.3, -0.25) is 9.59 Å². The highest BCUT2D eigenvalue weighted by atomic mass is 32.2. The van der Waals surface area contributed by atoms with Crippen LogP contribution < -0.4 is 15.4 Å². The minimum absolute atomic E-state index is 0.0553. The number of carbonyl (C=O) groups excluding carboxylic acids is 3. The number of methoxy groups -OCH3 is 1. The first-order valence-corrected chi connectivity index (χ1v) is 12.6. The van der Waals surface area contributed by atoms with Gasteiger partial charge in [0.15, 0.2) is 11.0 Å². The second-order valence-electron chi connectivity index (χ2n) is 7.66. The fourth-order valence-electron chi connectivity index (χ4n) is 3.37. The van der Waals surface area contributed by atoms with Crippen LogP contribution in [0.25, 0.3) is 0 Å². The number of hydrogen-bond acceptors (Lipinski definition) is 9. The molecule has 3 aromatic rings. The van der Waals surface area contributed by atoms with Crippen molar-refractivity contribution in [3.63, 3.8) is 0 Å². The summed E-state index contributed by atoms with van der Waals surface area (Å²) in [4.78, 5) is 36.9. The van der Waals surface area contributed by atoms with Crippen LogP contribution in [0.1, 0.15) is 46.4 Å². The van der Waals surface area contributed by atoms with Gasteiger partial charge in [0.2, 0.25) is 5.91 Å². The van der Waals surface area contributed by atoms with Gasteiger partial charge in [-0.05, 0) is 62.4 Å². The van der Waals surface area contributed by atoms with E-state index in [4.69, 9.17) is 9.47 Å². The monoisotopic (exact) mass is 527 g/mol. The highest BCUT2D eigenvalue weighted by Crippen LogP contribution is 2.22. The summed E-state index contributed by atoms with van der Waals surface area (Å²) in [5, 5.41) is 24.3. The van der Waals surface area contributed by atoms with Crippen molar-refractivity contribution in [2.45, 2.75) is 31.6 Å². The first kappa shape index (κ1) is 27.7. The smallest absolute Gasteiger partial charge is 0.338 e. The van der Waals surface area contributed by atoms with Crippen molar-refractivity contribution in [1.82, 2.24) is 20.1 Å². The fraction of sp³-hybridized carbons (Fsp3) is 0.320. The van der Waals surface area contributed by atoms with Gasteiger partial charge in [-0.25, -0.2) is 4.79 Å². The van der Waals surface area contributed by atoms with Gasteiger partial charge < -0.3 is 29.8 Å². The molecule has 196 valence electrons. The molecule has 0 aliphatic heterocycles. The number of anilines is 1. The number of amides is 2. The largest absolute Gasteiger partial charge is 0.497 e. The Kier molecular flexibility index (Phi) is 10.0. The number of aliphatic hydroxyl groups excluding tert-OH is 1. The van der Waals surface area contributed by atoms with Crippen LogP contribution in [0.2, 0.25) is 0 Å². The normalized spacial score (nSPS) is 11.5. The number of aliphatic hydroxyl groups is 1. The first-order chi connectivity index (χ1) is 17.9. The molecule has 3 rings (SSSR count).